The molecule has 0 saturated heterocycles. The lowest BCUT2D eigenvalue weighted by atomic mass is 10.1. The molecule has 42 heavy (non-hydrogen) atoms. The normalized spacial score (nSPS) is 11.7. The molecule has 222 valence electrons. The van der Waals surface area contributed by atoms with E-state index < -0.39 is 49.8 Å². The minimum atomic E-state index is -3.76. The summed E-state index contributed by atoms with van der Waals surface area (Å²) in [5, 5.41) is 11.6. The van der Waals surface area contributed by atoms with Gasteiger partial charge in [-0.25, -0.2) is 30.6 Å². The smallest absolute Gasteiger partial charge is 0.265 e. The molecule has 0 atom stereocenters. The van der Waals surface area contributed by atoms with Gasteiger partial charge in [-0.2, -0.15) is 0 Å². The molecule has 2 heterocycles. The first-order chi connectivity index (χ1) is 19.7. The number of sulfonamides is 1. The Balaban J connectivity index is 1.56. The number of carbonyl (C=O) groups excluding carboxylic acids is 1. The van der Waals surface area contributed by atoms with Crippen molar-refractivity contribution in [2.75, 3.05) is 28.7 Å². The van der Waals surface area contributed by atoms with Crippen molar-refractivity contribution in [1.29, 1.82) is 0 Å². The van der Waals surface area contributed by atoms with Crippen LogP contribution in [0.3, 0.4) is 0 Å². The van der Waals surface area contributed by atoms with Crippen LogP contribution in [0, 0.1) is 18.6 Å². The maximum atomic E-state index is 14.1. The van der Waals surface area contributed by atoms with Crippen molar-refractivity contribution >= 4 is 48.5 Å². The predicted octanol–water partition coefficient (Wildman–Crippen LogP) is 4.37. The zero-order valence-electron chi connectivity index (χ0n) is 22.2. The van der Waals surface area contributed by atoms with Gasteiger partial charge in [-0.1, -0.05) is 6.07 Å². The molecule has 2 aromatic carbocycles. The standard InChI is InChI=1S/C27H25F2N3O7S3/c1-16-23(13-25(40-16)27(34)31-20-4-3-5-21(12-20)32-42(37,38)7-6-33)26-24(11-19(29)14-30-26)39-15-17-8-18(28)10-22(9-17)41(2,35)36/h3-5,8-14,32-33H,6-7,15H2,1-2H3,(H,31,34). The first kappa shape index (κ1) is 31.0. The number of ether oxygens (including phenoxy) is 1. The van der Waals surface area contributed by atoms with Crippen LogP contribution in [0.25, 0.3) is 11.3 Å². The van der Waals surface area contributed by atoms with E-state index in [0.29, 0.717) is 16.1 Å². The number of thiophene rings is 1. The van der Waals surface area contributed by atoms with Crippen LogP contribution in [0.4, 0.5) is 20.2 Å². The fourth-order valence-corrected chi connectivity index (χ4v) is 6.28. The van der Waals surface area contributed by atoms with Crippen LogP contribution in [0.5, 0.6) is 5.75 Å². The molecule has 0 aliphatic heterocycles. The molecule has 0 spiro atoms. The summed E-state index contributed by atoms with van der Waals surface area (Å²) < 4.78 is 83.8. The van der Waals surface area contributed by atoms with E-state index in [0.717, 1.165) is 42.0 Å². The van der Waals surface area contributed by atoms with E-state index in [1.54, 1.807) is 25.1 Å². The number of sulfone groups is 1. The molecule has 10 nitrogen and oxygen atoms in total. The number of anilines is 2. The minimum Gasteiger partial charge on any atom is -0.487 e. The summed E-state index contributed by atoms with van der Waals surface area (Å²) in [4.78, 5) is 17.9. The van der Waals surface area contributed by atoms with Gasteiger partial charge < -0.3 is 15.2 Å². The molecule has 15 heteroatoms. The second kappa shape index (κ2) is 12.5. The van der Waals surface area contributed by atoms with Crippen LogP contribution in [0.2, 0.25) is 0 Å². The van der Waals surface area contributed by atoms with Crippen molar-refractivity contribution in [2.45, 2.75) is 18.4 Å². The number of halogens is 2. The third-order valence-corrected chi connectivity index (χ3v) is 9.13. The number of aromatic nitrogens is 1. The summed E-state index contributed by atoms with van der Waals surface area (Å²) in [6.07, 6.45) is 1.93. The molecule has 3 N–H and O–H groups in total. The van der Waals surface area contributed by atoms with E-state index in [-0.39, 0.29) is 39.1 Å². The zero-order chi connectivity index (χ0) is 30.7. The Morgan fingerprint density at radius 3 is 2.48 bits per heavy atom. The second-order valence-corrected chi connectivity index (χ2v) is 14.2. The number of amides is 1. The topological polar surface area (TPSA) is 152 Å². The van der Waals surface area contributed by atoms with Gasteiger partial charge in [0.05, 0.1) is 34.0 Å². The van der Waals surface area contributed by atoms with Crippen LogP contribution in [-0.2, 0) is 26.5 Å². The maximum absolute atomic E-state index is 14.1. The summed E-state index contributed by atoms with van der Waals surface area (Å²) in [6.45, 7) is 0.900. The highest BCUT2D eigenvalue weighted by Crippen LogP contribution is 2.36. The molecule has 0 radical (unpaired) electrons. The Bertz CT molecular complexity index is 1860. The Morgan fingerprint density at radius 1 is 1.02 bits per heavy atom. The number of aliphatic hydroxyl groups is 1. The Morgan fingerprint density at radius 2 is 1.76 bits per heavy atom. The number of pyridine rings is 1. The molecule has 0 bridgehead atoms. The van der Waals surface area contributed by atoms with Gasteiger partial charge in [0.25, 0.3) is 5.91 Å². The number of aliphatic hydroxyl groups excluding tert-OH is 1. The number of carbonyl (C=O) groups is 1. The van der Waals surface area contributed by atoms with Crippen molar-refractivity contribution in [3.05, 3.63) is 87.7 Å². The third kappa shape index (κ3) is 7.88. The van der Waals surface area contributed by atoms with Gasteiger partial charge in [0.15, 0.2) is 9.84 Å². The lowest BCUT2D eigenvalue weighted by molar-refractivity contribution is 0.103. The molecule has 4 rings (SSSR count). The van der Waals surface area contributed by atoms with Crippen LogP contribution < -0.4 is 14.8 Å². The fraction of sp³-hybridized carbons (Fsp3) is 0.185. The fourth-order valence-electron chi connectivity index (χ4n) is 3.85. The number of nitrogens with one attached hydrogen (secondary N) is 2. The predicted molar refractivity (Wildman–Crippen MR) is 155 cm³/mol. The average Bonchev–Trinajstić information content (AvgIpc) is 3.28. The molecule has 0 aliphatic carbocycles. The quantitative estimate of drug-likeness (QED) is 0.219. The molecule has 0 fully saturated rings. The summed E-state index contributed by atoms with van der Waals surface area (Å²) >= 11 is 1.13. The van der Waals surface area contributed by atoms with E-state index in [9.17, 15) is 30.4 Å². The number of rotatable bonds is 11. The van der Waals surface area contributed by atoms with Gasteiger partial charge in [0, 0.05) is 28.5 Å². The molecule has 4 aromatic rings. The zero-order valence-corrected chi connectivity index (χ0v) is 24.7. The summed E-state index contributed by atoms with van der Waals surface area (Å²) in [5.74, 6) is -2.46. The van der Waals surface area contributed by atoms with Gasteiger partial charge in [-0.05, 0) is 55.0 Å². The molecular formula is C27H25F2N3O7S3. The average molecular weight is 638 g/mol. The highest BCUT2D eigenvalue weighted by molar-refractivity contribution is 7.92. The van der Waals surface area contributed by atoms with Crippen LogP contribution in [0.1, 0.15) is 20.1 Å². The first-order valence-corrected chi connectivity index (χ1v) is 16.5. The van der Waals surface area contributed by atoms with Gasteiger partial charge in [0.1, 0.15) is 29.7 Å². The molecule has 0 saturated carbocycles. The second-order valence-electron chi connectivity index (χ2n) is 9.12. The van der Waals surface area contributed by atoms with Gasteiger partial charge in [-0.15, -0.1) is 11.3 Å². The van der Waals surface area contributed by atoms with Crippen molar-refractivity contribution < 1.29 is 40.3 Å². The van der Waals surface area contributed by atoms with Gasteiger partial charge >= 0.3 is 0 Å². The molecule has 0 unspecified atom stereocenters. The first-order valence-electron chi connectivity index (χ1n) is 12.2. The van der Waals surface area contributed by atoms with Crippen LogP contribution in [-0.4, -0.2) is 51.4 Å². The minimum absolute atomic E-state index is 0.00381. The van der Waals surface area contributed by atoms with Crippen molar-refractivity contribution in [2.24, 2.45) is 0 Å². The molecule has 0 aliphatic rings. The molecular weight excluding hydrogens is 613 g/mol. The summed E-state index contributed by atoms with van der Waals surface area (Å²) in [7, 11) is -7.44. The van der Waals surface area contributed by atoms with E-state index in [1.807, 2.05) is 0 Å². The monoisotopic (exact) mass is 637 g/mol. The third-order valence-electron chi connectivity index (χ3n) is 5.72. The van der Waals surface area contributed by atoms with Crippen molar-refractivity contribution in [3.63, 3.8) is 0 Å². The van der Waals surface area contributed by atoms with Crippen molar-refractivity contribution in [1.82, 2.24) is 4.98 Å². The van der Waals surface area contributed by atoms with E-state index in [1.165, 1.54) is 18.2 Å². The Hall–Kier alpha value is -3.92. The number of nitrogens with zero attached hydrogens (tertiary/aromatic N) is 1. The Labute approximate surface area is 245 Å². The van der Waals surface area contributed by atoms with E-state index in [2.05, 4.69) is 15.0 Å². The van der Waals surface area contributed by atoms with Gasteiger partial charge in [-0.3, -0.25) is 9.52 Å². The summed E-state index contributed by atoms with van der Waals surface area (Å²) in [6, 6.07) is 11.9. The lowest BCUT2D eigenvalue weighted by Crippen LogP contribution is -2.19. The largest absolute Gasteiger partial charge is 0.487 e. The van der Waals surface area contributed by atoms with E-state index >= 15 is 0 Å². The maximum Gasteiger partial charge on any atom is 0.265 e. The summed E-state index contributed by atoms with van der Waals surface area (Å²) in [5.41, 5.74) is 1.40. The van der Waals surface area contributed by atoms with Gasteiger partial charge in [0.2, 0.25) is 10.0 Å². The molecule has 1 amide bonds. The molecule has 2 aromatic heterocycles. The number of hydrogen-bond donors (Lipinski definition) is 3. The van der Waals surface area contributed by atoms with Crippen LogP contribution >= 0.6 is 11.3 Å². The SMILES string of the molecule is Cc1sc(C(=O)Nc2cccc(NS(=O)(=O)CCO)c2)cc1-c1ncc(F)cc1OCc1cc(F)cc(S(C)(=O)=O)c1. The van der Waals surface area contributed by atoms with Crippen molar-refractivity contribution in [3.8, 4) is 17.0 Å². The highest BCUT2D eigenvalue weighted by atomic mass is 32.2. The lowest BCUT2D eigenvalue weighted by Gasteiger charge is -2.12. The van der Waals surface area contributed by atoms with E-state index in [4.69, 9.17) is 9.84 Å². The highest BCUT2D eigenvalue weighted by Gasteiger charge is 2.20. The number of aryl methyl sites for hydroxylation is 1. The number of hydrogen-bond acceptors (Lipinski definition) is 9. The Kier molecular flexibility index (Phi) is 9.25. The number of benzene rings is 2. The van der Waals surface area contributed by atoms with Crippen LogP contribution in [0.15, 0.2) is 65.7 Å².